The van der Waals surface area contributed by atoms with Gasteiger partial charge < -0.3 is 10.2 Å². The maximum Gasteiger partial charge on any atom is 0.303 e. The molecule has 0 aromatic carbocycles. The van der Waals surface area contributed by atoms with Crippen molar-refractivity contribution in [2.24, 2.45) is 0 Å². The molecule has 0 heterocycles. The number of aliphatic hydroxyl groups is 1. The average Bonchev–Trinajstić information content (AvgIpc) is 2.21. The summed E-state index contributed by atoms with van der Waals surface area (Å²) < 4.78 is 0. The van der Waals surface area contributed by atoms with Crippen LogP contribution < -0.4 is 0 Å². The van der Waals surface area contributed by atoms with Crippen LogP contribution in [0.25, 0.3) is 0 Å². The lowest BCUT2D eigenvalue weighted by Crippen LogP contribution is -2.07. The van der Waals surface area contributed by atoms with Crippen LogP contribution in [0.2, 0.25) is 0 Å². The Kier molecular flexibility index (Phi) is 10.1. The second kappa shape index (κ2) is 10.2. The van der Waals surface area contributed by atoms with Gasteiger partial charge in [0.05, 0.1) is 6.10 Å². The highest BCUT2D eigenvalue weighted by atomic mass is 35.5. The smallest absolute Gasteiger partial charge is 0.303 e. The molecule has 0 aliphatic rings. The number of unbranched alkanes of at least 4 members (excludes halogenated alkanes) is 5. The van der Waals surface area contributed by atoms with Gasteiger partial charge in [-0.15, -0.1) is 11.6 Å². The summed E-state index contributed by atoms with van der Waals surface area (Å²) >= 11 is 5.46. The minimum atomic E-state index is -0.708. The number of carbonyl (C=O) groups is 1. The molecule has 0 amide bonds. The van der Waals surface area contributed by atoms with E-state index in [1.807, 2.05) is 0 Å². The molecule has 15 heavy (non-hydrogen) atoms. The number of hydrogen-bond acceptors (Lipinski definition) is 2. The standard InChI is InChI=1S/C11H21ClO3/c12-9-10(13)7-5-3-1-2-4-6-8-11(14)15/h10,13H,1-9H2,(H,14,15). The lowest BCUT2D eigenvalue weighted by molar-refractivity contribution is -0.137. The Labute approximate surface area is 96.4 Å². The van der Waals surface area contributed by atoms with Crippen molar-refractivity contribution in [3.8, 4) is 0 Å². The predicted molar refractivity (Wildman–Crippen MR) is 61.3 cm³/mol. The van der Waals surface area contributed by atoms with Crippen LogP contribution in [0.4, 0.5) is 0 Å². The summed E-state index contributed by atoms with van der Waals surface area (Å²) in [7, 11) is 0. The highest BCUT2D eigenvalue weighted by Gasteiger charge is 2.01. The van der Waals surface area contributed by atoms with Crippen molar-refractivity contribution >= 4 is 17.6 Å². The number of hydrogen-bond donors (Lipinski definition) is 2. The van der Waals surface area contributed by atoms with Crippen molar-refractivity contribution in [1.82, 2.24) is 0 Å². The maximum absolute atomic E-state index is 10.2. The summed E-state index contributed by atoms with van der Waals surface area (Å²) in [5.41, 5.74) is 0. The van der Waals surface area contributed by atoms with Gasteiger partial charge in [-0.05, 0) is 12.8 Å². The van der Waals surface area contributed by atoms with Crippen molar-refractivity contribution in [2.45, 2.75) is 57.5 Å². The predicted octanol–water partition coefficient (Wildman–Crippen LogP) is 2.79. The Morgan fingerprint density at radius 2 is 1.60 bits per heavy atom. The Morgan fingerprint density at radius 3 is 2.13 bits per heavy atom. The van der Waals surface area contributed by atoms with Crippen molar-refractivity contribution in [2.75, 3.05) is 5.88 Å². The highest BCUT2D eigenvalue weighted by Crippen LogP contribution is 2.10. The fourth-order valence-corrected chi connectivity index (χ4v) is 1.59. The minimum Gasteiger partial charge on any atom is -0.481 e. The van der Waals surface area contributed by atoms with Gasteiger partial charge in [-0.25, -0.2) is 0 Å². The summed E-state index contributed by atoms with van der Waals surface area (Å²) in [4.78, 5) is 10.2. The van der Waals surface area contributed by atoms with E-state index in [1.54, 1.807) is 0 Å². The molecule has 2 N–H and O–H groups in total. The number of halogens is 1. The normalized spacial score (nSPS) is 12.7. The van der Waals surface area contributed by atoms with Gasteiger partial charge in [-0.1, -0.05) is 32.1 Å². The Bertz CT molecular complexity index is 162. The zero-order valence-corrected chi connectivity index (χ0v) is 9.88. The molecule has 0 rings (SSSR count). The van der Waals surface area contributed by atoms with Crippen LogP contribution in [0, 0.1) is 0 Å². The molecule has 0 radical (unpaired) electrons. The number of carboxylic acid groups (broad SMARTS) is 1. The molecule has 1 unspecified atom stereocenters. The van der Waals surface area contributed by atoms with E-state index in [0.717, 1.165) is 44.9 Å². The number of aliphatic hydroxyl groups excluding tert-OH is 1. The van der Waals surface area contributed by atoms with Crippen molar-refractivity contribution in [3.05, 3.63) is 0 Å². The van der Waals surface area contributed by atoms with Gasteiger partial charge in [0.2, 0.25) is 0 Å². The van der Waals surface area contributed by atoms with E-state index in [2.05, 4.69) is 0 Å². The minimum absolute atomic E-state index is 0.283. The fraction of sp³-hybridized carbons (Fsp3) is 0.909. The van der Waals surface area contributed by atoms with Crippen LogP contribution in [0.3, 0.4) is 0 Å². The van der Waals surface area contributed by atoms with Gasteiger partial charge >= 0.3 is 5.97 Å². The monoisotopic (exact) mass is 236 g/mol. The molecule has 0 saturated heterocycles. The molecule has 90 valence electrons. The second-order valence-electron chi connectivity index (χ2n) is 3.86. The average molecular weight is 237 g/mol. The van der Waals surface area contributed by atoms with Gasteiger partial charge in [0, 0.05) is 12.3 Å². The quantitative estimate of drug-likeness (QED) is 0.453. The Hall–Kier alpha value is -0.280. The zero-order valence-electron chi connectivity index (χ0n) is 9.12. The molecule has 0 aromatic heterocycles. The van der Waals surface area contributed by atoms with Crippen molar-refractivity contribution in [1.29, 1.82) is 0 Å². The molecule has 0 saturated carbocycles. The van der Waals surface area contributed by atoms with Crippen LogP contribution in [-0.4, -0.2) is 28.2 Å². The first-order valence-electron chi connectivity index (χ1n) is 5.62. The summed E-state index contributed by atoms with van der Waals surface area (Å²) in [6.45, 7) is 0. The van der Waals surface area contributed by atoms with Crippen LogP contribution in [0.5, 0.6) is 0 Å². The van der Waals surface area contributed by atoms with E-state index in [4.69, 9.17) is 21.8 Å². The molecule has 1 atom stereocenters. The second-order valence-corrected chi connectivity index (χ2v) is 4.17. The Balaban J connectivity index is 3.02. The largest absolute Gasteiger partial charge is 0.481 e. The lowest BCUT2D eigenvalue weighted by Gasteiger charge is -2.05. The van der Waals surface area contributed by atoms with Crippen LogP contribution >= 0.6 is 11.6 Å². The number of aliphatic carboxylic acids is 1. The molecule has 0 fully saturated rings. The molecule has 3 nitrogen and oxygen atoms in total. The molecule has 0 aliphatic heterocycles. The zero-order chi connectivity index (χ0) is 11.5. The first-order valence-corrected chi connectivity index (χ1v) is 6.16. The third-order valence-corrected chi connectivity index (χ3v) is 2.71. The summed E-state index contributed by atoms with van der Waals surface area (Å²) in [6.07, 6.45) is 6.78. The van der Waals surface area contributed by atoms with Gasteiger partial charge in [-0.2, -0.15) is 0 Å². The Morgan fingerprint density at radius 1 is 1.07 bits per heavy atom. The molecule has 0 bridgehead atoms. The maximum atomic E-state index is 10.2. The third kappa shape index (κ3) is 11.6. The van der Waals surface area contributed by atoms with E-state index in [9.17, 15) is 4.79 Å². The summed E-state index contributed by atoms with van der Waals surface area (Å²) in [5.74, 6) is -0.390. The summed E-state index contributed by atoms with van der Waals surface area (Å²) in [6, 6.07) is 0. The molecule has 4 heteroatoms. The molecule has 0 aromatic rings. The van der Waals surface area contributed by atoms with Gasteiger partial charge in [-0.3, -0.25) is 4.79 Å². The molecule has 0 spiro atoms. The number of rotatable bonds is 10. The van der Waals surface area contributed by atoms with E-state index < -0.39 is 5.97 Å². The summed E-state index contributed by atoms with van der Waals surface area (Å²) in [5, 5.41) is 17.6. The van der Waals surface area contributed by atoms with Gasteiger partial charge in [0.15, 0.2) is 0 Å². The fourth-order valence-electron chi connectivity index (χ4n) is 1.44. The SMILES string of the molecule is O=C(O)CCCCCCCCC(O)CCl. The molecular formula is C11H21ClO3. The van der Waals surface area contributed by atoms with E-state index in [0.29, 0.717) is 5.88 Å². The van der Waals surface area contributed by atoms with Crippen molar-refractivity contribution < 1.29 is 15.0 Å². The highest BCUT2D eigenvalue weighted by molar-refractivity contribution is 6.18. The van der Waals surface area contributed by atoms with E-state index in [1.165, 1.54) is 0 Å². The lowest BCUT2D eigenvalue weighted by atomic mass is 10.1. The first kappa shape index (κ1) is 14.7. The van der Waals surface area contributed by atoms with Crippen LogP contribution in [0.15, 0.2) is 0 Å². The van der Waals surface area contributed by atoms with Crippen LogP contribution in [0.1, 0.15) is 51.4 Å². The third-order valence-electron chi connectivity index (χ3n) is 2.36. The molecular weight excluding hydrogens is 216 g/mol. The van der Waals surface area contributed by atoms with Crippen molar-refractivity contribution in [3.63, 3.8) is 0 Å². The van der Waals surface area contributed by atoms with E-state index in [-0.39, 0.29) is 12.5 Å². The number of carboxylic acids is 1. The van der Waals surface area contributed by atoms with Gasteiger partial charge in [0.1, 0.15) is 0 Å². The van der Waals surface area contributed by atoms with Crippen LogP contribution in [-0.2, 0) is 4.79 Å². The van der Waals surface area contributed by atoms with E-state index >= 15 is 0 Å². The van der Waals surface area contributed by atoms with Gasteiger partial charge in [0.25, 0.3) is 0 Å². The molecule has 0 aliphatic carbocycles. The number of alkyl halides is 1. The topological polar surface area (TPSA) is 57.5 Å². The first-order chi connectivity index (χ1) is 7.16.